The molecule has 3 heteroatoms. The minimum atomic E-state index is 0.366. The summed E-state index contributed by atoms with van der Waals surface area (Å²) < 4.78 is 5.17. The van der Waals surface area contributed by atoms with Gasteiger partial charge in [-0.1, -0.05) is 37.6 Å². The average Bonchev–Trinajstić information content (AvgIpc) is 3.29. The lowest BCUT2D eigenvalue weighted by atomic mass is 10.0. The van der Waals surface area contributed by atoms with E-state index in [1.807, 2.05) is 0 Å². The maximum absolute atomic E-state index is 6.07. The molecule has 1 saturated carbocycles. The zero-order valence-corrected chi connectivity index (χ0v) is 12.8. The van der Waals surface area contributed by atoms with E-state index in [-0.39, 0.29) is 0 Å². The summed E-state index contributed by atoms with van der Waals surface area (Å²) >= 11 is 0. The monoisotopic (exact) mass is 276 g/mol. The quantitative estimate of drug-likeness (QED) is 0.753. The number of hydrogen-bond acceptors (Lipinski definition) is 3. The van der Waals surface area contributed by atoms with Gasteiger partial charge in [-0.25, -0.2) is 0 Å². The number of benzene rings is 1. The van der Waals surface area contributed by atoms with Gasteiger partial charge in [0.1, 0.15) is 0 Å². The third kappa shape index (κ3) is 4.05. The highest BCUT2D eigenvalue weighted by atomic mass is 16.5. The van der Waals surface area contributed by atoms with E-state index in [1.54, 1.807) is 7.11 Å². The van der Waals surface area contributed by atoms with Crippen molar-refractivity contribution in [2.45, 2.75) is 51.3 Å². The molecular formula is C17H28N2O. The average molecular weight is 276 g/mol. The molecule has 0 saturated heterocycles. The summed E-state index contributed by atoms with van der Waals surface area (Å²) in [6, 6.07) is 9.87. The highest BCUT2D eigenvalue weighted by Gasteiger charge is 2.33. The Kier molecular flexibility index (Phi) is 6.02. The van der Waals surface area contributed by atoms with Gasteiger partial charge in [-0.2, -0.15) is 0 Å². The van der Waals surface area contributed by atoms with Crippen molar-refractivity contribution < 1.29 is 4.74 Å². The van der Waals surface area contributed by atoms with E-state index >= 15 is 0 Å². The summed E-state index contributed by atoms with van der Waals surface area (Å²) in [6.07, 6.45) is 5.17. The molecule has 2 N–H and O–H groups in total. The van der Waals surface area contributed by atoms with Crippen molar-refractivity contribution in [3.8, 4) is 0 Å². The molecule has 3 nitrogen and oxygen atoms in total. The molecule has 1 aliphatic carbocycles. The molecule has 1 aromatic carbocycles. The molecular weight excluding hydrogens is 248 g/mol. The first-order chi connectivity index (χ1) is 9.80. The number of nitrogens with zero attached hydrogens (tertiary/aromatic N) is 1. The third-order valence-corrected chi connectivity index (χ3v) is 4.08. The van der Waals surface area contributed by atoms with E-state index in [1.165, 1.54) is 43.4 Å². The van der Waals surface area contributed by atoms with Gasteiger partial charge in [0.25, 0.3) is 0 Å². The first-order valence-corrected chi connectivity index (χ1v) is 7.83. The third-order valence-electron chi connectivity index (χ3n) is 4.08. The van der Waals surface area contributed by atoms with Crippen molar-refractivity contribution in [2.75, 3.05) is 20.2 Å². The van der Waals surface area contributed by atoms with Gasteiger partial charge >= 0.3 is 0 Å². The van der Waals surface area contributed by atoms with Crippen LogP contribution in [0, 0.1) is 0 Å². The van der Waals surface area contributed by atoms with Crippen molar-refractivity contribution in [1.29, 1.82) is 0 Å². The second-order valence-electron chi connectivity index (χ2n) is 5.75. The van der Waals surface area contributed by atoms with Gasteiger partial charge in [0.2, 0.25) is 0 Å². The zero-order valence-electron chi connectivity index (χ0n) is 12.8. The van der Waals surface area contributed by atoms with E-state index in [2.05, 4.69) is 36.1 Å². The van der Waals surface area contributed by atoms with Crippen LogP contribution in [0.3, 0.4) is 0 Å². The largest absolute Gasteiger partial charge is 0.380 e. The Hall–Kier alpha value is -0.900. The van der Waals surface area contributed by atoms with Crippen LogP contribution in [-0.2, 0) is 11.3 Å². The SMILES string of the molecule is CCCCN(C1CC1)C(CN)c1ccc(COC)cc1. The summed E-state index contributed by atoms with van der Waals surface area (Å²) in [5.74, 6) is 0. The molecule has 20 heavy (non-hydrogen) atoms. The molecule has 0 spiro atoms. The van der Waals surface area contributed by atoms with Crippen molar-refractivity contribution in [1.82, 2.24) is 4.90 Å². The highest BCUT2D eigenvalue weighted by Crippen LogP contribution is 2.34. The molecule has 0 bridgehead atoms. The molecule has 0 heterocycles. The van der Waals surface area contributed by atoms with Crippen LogP contribution in [0.15, 0.2) is 24.3 Å². The summed E-state index contributed by atoms with van der Waals surface area (Å²) in [7, 11) is 1.73. The Morgan fingerprint density at radius 2 is 2.00 bits per heavy atom. The Balaban J connectivity index is 2.08. The van der Waals surface area contributed by atoms with Gasteiger partial charge in [0.15, 0.2) is 0 Å². The first kappa shape index (κ1) is 15.5. The molecule has 0 aromatic heterocycles. The Morgan fingerprint density at radius 1 is 1.30 bits per heavy atom. The van der Waals surface area contributed by atoms with E-state index in [0.717, 1.165) is 6.04 Å². The van der Waals surface area contributed by atoms with Crippen LogP contribution in [0.2, 0.25) is 0 Å². The summed E-state index contributed by atoms with van der Waals surface area (Å²) in [5, 5.41) is 0. The summed E-state index contributed by atoms with van der Waals surface area (Å²) in [5.41, 5.74) is 8.64. The van der Waals surface area contributed by atoms with Gasteiger partial charge in [0, 0.05) is 25.7 Å². The lowest BCUT2D eigenvalue weighted by molar-refractivity contribution is 0.183. The minimum absolute atomic E-state index is 0.366. The molecule has 1 atom stereocenters. The number of nitrogens with two attached hydrogens (primary N) is 1. The molecule has 1 unspecified atom stereocenters. The maximum atomic E-state index is 6.07. The standard InChI is InChI=1S/C17H28N2O/c1-3-4-11-19(16-9-10-16)17(12-18)15-7-5-14(6-8-15)13-20-2/h5-8,16-17H,3-4,9-13,18H2,1-2H3. The Labute approximate surface area is 123 Å². The Morgan fingerprint density at radius 3 is 2.50 bits per heavy atom. The normalized spacial score (nSPS) is 16.6. The zero-order chi connectivity index (χ0) is 14.4. The van der Waals surface area contributed by atoms with E-state index in [4.69, 9.17) is 10.5 Å². The number of unbranched alkanes of at least 4 members (excludes halogenated alkanes) is 1. The molecule has 0 aliphatic heterocycles. The van der Waals surface area contributed by atoms with Crippen LogP contribution in [-0.4, -0.2) is 31.1 Å². The lowest BCUT2D eigenvalue weighted by Gasteiger charge is -2.31. The van der Waals surface area contributed by atoms with Gasteiger partial charge in [-0.15, -0.1) is 0 Å². The fourth-order valence-electron chi connectivity index (χ4n) is 2.81. The van der Waals surface area contributed by atoms with Crippen LogP contribution in [0.4, 0.5) is 0 Å². The van der Waals surface area contributed by atoms with Gasteiger partial charge < -0.3 is 10.5 Å². The smallest absolute Gasteiger partial charge is 0.0713 e. The molecule has 0 radical (unpaired) electrons. The Bertz CT molecular complexity index is 386. The second-order valence-corrected chi connectivity index (χ2v) is 5.75. The van der Waals surface area contributed by atoms with Crippen LogP contribution < -0.4 is 5.73 Å². The molecule has 0 amide bonds. The van der Waals surface area contributed by atoms with Gasteiger partial charge in [-0.3, -0.25) is 4.90 Å². The summed E-state index contributed by atoms with van der Waals surface area (Å²) in [4.78, 5) is 2.62. The fraction of sp³-hybridized carbons (Fsp3) is 0.647. The van der Waals surface area contributed by atoms with E-state index in [9.17, 15) is 0 Å². The van der Waals surface area contributed by atoms with Crippen LogP contribution in [0.5, 0.6) is 0 Å². The number of methoxy groups -OCH3 is 1. The lowest BCUT2D eigenvalue weighted by Crippen LogP contribution is -2.36. The van der Waals surface area contributed by atoms with E-state index < -0.39 is 0 Å². The molecule has 1 aromatic rings. The van der Waals surface area contributed by atoms with Gasteiger partial charge in [-0.05, 0) is 36.9 Å². The highest BCUT2D eigenvalue weighted by molar-refractivity contribution is 5.25. The maximum Gasteiger partial charge on any atom is 0.0713 e. The molecule has 1 aliphatic rings. The van der Waals surface area contributed by atoms with Crippen LogP contribution in [0.25, 0.3) is 0 Å². The predicted molar refractivity (Wildman–Crippen MR) is 83.6 cm³/mol. The molecule has 1 fully saturated rings. The summed E-state index contributed by atoms with van der Waals surface area (Å²) in [6.45, 7) is 4.80. The van der Waals surface area contributed by atoms with Crippen molar-refractivity contribution in [3.05, 3.63) is 35.4 Å². The van der Waals surface area contributed by atoms with Crippen molar-refractivity contribution in [2.24, 2.45) is 5.73 Å². The van der Waals surface area contributed by atoms with E-state index in [0.29, 0.717) is 19.2 Å². The fourth-order valence-corrected chi connectivity index (χ4v) is 2.81. The topological polar surface area (TPSA) is 38.5 Å². The number of hydrogen-bond donors (Lipinski definition) is 1. The van der Waals surface area contributed by atoms with Crippen LogP contribution in [0.1, 0.15) is 49.8 Å². The number of rotatable bonds is 9. The minimum Gasteiger partial charge on any atom is -0.380 e. The molecule has 2 rings (SSSR count). The van der Waals surface area contributed by atoms with Crippen molar-refractivity contribution >= 4 is 0 Å². The number of ether oxygens (including phenoxy) is 1. The molecule has 112 valence electrons. The predicted octanol–water partition coefficient (Wildman–Crippen LogP) is 3.10. The van der Waals surface area contributed by atoms with Crippen molar-refractivity contribution in [3.63, 3.8) is 0 Å². The second kappa shape index (κ2) is 7.77. The first-order valence-electron chi connectivity index (χ1n) is 7.83. The van der Waals surface area contributed by atoms with Gasteiger partial charge in [0.05, 0.1) is 6.61 Å². The van der Waals surface area contributed by atoms with Crippen LogP contribution >= 0.6 is 0 Å².